The Labute approximate surface area is 178 Å². The van der Waals surface area contributed by atoms with Crippen LogP contribution in [-0.4, -0.2) is 20.7 Å². The maximum Gasteiger partial charge on any atom is 0.244 e. The first-order valence-corrected chi connectivity index (χ1v) is 10.4. The summed E-state index contributed by atoms with van der Waals surface area (Å²) in [5.41, 5.74) is 1.78. The van der Waals surface area contributed by atoms with Crippen molar-refractivity contribution in [3.05, 3.63) is 82.4 Å². The predicted molar refractivity (Wildman–Crippen MR) is 114 cm³/mol. The van der Waals surface area contributed by atoms with Crippen molar-refractivity contribution in [1.82, 2.24) is 20.1 Å². The van der Waals surface area contributed by atoms with E-state index in [1.807, 2.05) is 29.7 Å². The number of halogens is 2. The smallest absolute Gasteiger partial charge is 0.244 e. The monoisotopic (exact) mass is 430 g/mol. The number of rotatable bonds is 8. The van der Waals surface area contributed by atoms with Gasteiger partial charge in [-0.3, -0.25) is 4.79 Å². The predicted octanol–water partition coefficient (Wildman–Crippen LogP) is 4.71. The molecule has 150 valence electrons. The SMILES string of the molecule is CCn1c(CNC(=O)C=Cc2ccccc2Cl)nnc1SCc1ccc(F)cc1. The van der Waals surface area contributed by atoms with E-state index in [1.54, 1.807) is 24.3 Å². The molecule has 0 spiro atoms. The van der Waals surface area contributed by atoms with Crippen LogP contribution in [0.15, 0.2) is 59.8 Å². The summed E-state index contributed by atoms with van der Waals surface area (Å²) in [6, 6.07) is 13.7. The average molecular weight is 431 g/mol. The summed E-state index contributed by atoms with van der Waals surface area (Å²) in [7, 11) is 0. The van der Waals surface area contributed by atoms with E-state index in [0.717, 1.165) is 16.3 Å². The fraction of sp³-hybridized carbons (Fsp3) is 0.190. The fourth-order valence-corrected chi connectivity index (χ4v) is 3.78. The van der Waals surface area contributed by atoms with Gasteiger partial charge < -0.3 is 9.88 Å². The van der Waals surface area contributed by atoms with Gasteiger partial charge in [-0.15, -0.1) is 10.2 Å². The van der Waals surface area contributed by atoms with Gasteiger partial charge in [-0.05, 0) is 42.3 Å². The lowest BCUT2D eigenvalue weighted by Gasteiger charge is -2.08. The van der Waals surface area contributed by atoms with Crippen LogP contribution in [0.5, 0.6) is 0 Å². The molecule has 8 heteroatoms. The Hall–Kier alpha value is -2.64. The number of nitrogens with zero attached hydrogens (tertiary/aromatic N) is 3. The lowest BCUT2D eigenvalue weighted by Crippen LogP contribution is -2.22. The summed E-state index contributed by atoms with van der Waals surface area (Å²) in [5, 5.41) is 12.6. The molecule has 0 saturated carbocycles. The minimum absolute atomic E-state index is 0.240. The fourth-order valence-electron chi connectivity index (χ4n) is 2.60. The highest BCUT2D eigenvalue weighted by molar-refractivity contribution is 7.98. The van der Waals surface area contributed by atoms with Crippen LogP contribution in [0.25, 0.3) is 6.08 Å². The van der Waals surface area contributed by atoms with E-state index in [1.165, 1.54) is 30.0 Å². The third-order valence-electron chi connectivity index (χ3n) is 4.13. The normalized spacial score (nSPS) is 11.1. The first kappa shape index (κ1) is 21.1. The molecule has 1 heterocycles. The van der Waals surface area contributed by atoms with Crippen LogP contribution in [0.3, 0.4) is 0 Å². The molecule has 0 unspecified atom stereocenters. The number of hydrogen-bond donors (Lipinski definition) is 1. The van der Waals surface area contributed by atoms with E-state index in [0.29, 0.717) is 23.1 Å². The van der Waals surface area contributed by atoms with Crippen LogP contribution in [0.4, 0.5) is 4.39 Å². The molecule has 0 aliphatic heterocycles. The van der Waals surface area contributed by atoms with Crippen molar-refractivity contribution in [2.45, 2.75) is 30.9 Å². The van der Waals surface area contributed by atoms with Gasteiger partial charge in [-0.1, -0.05) is 53.7 Å². The second kappa shape index (κ2) is 10.2. The van der Waals surface area contributed by atoms with Crippen molar-refractivity contribution < 1.29 is 9.18 Å². The second-order valence-corrected chi connectivity index (χ2v) is 7.48. The van der Waals surface area contributed by atoms with E-state index in [9.17, 15) is 9.18 Å². The summed E-state index contributed by atoms with van der Waals surface area (Å²) in [6.45, 7) is 2.94. The third kappa shape index (κ3) is 5.92. The van der Waals surface area contributed by atoms with Crippen LogP contribution in [-0.2, 0) is 23.6 Å². The average Bonchev–Trinajstić information content (AvgIpc) is 3.13. The van der Waals surface area contributed by atoms with E-state index in [-0.39, 0.29) is 18.3 Å². The molecule has 1 aromatic heterocycles. The van der Waals surface area contributed by atoms with Crippen LogP contribution < -0.4 is 5.32 Å². The van der Waals surface area contributed by atoms with Gasteiger partial charge in [0.15, 0.2) is 11.0 Å². The van der Waals surface area contributed by atoms with E-state index >= 15 is 0 Å². The summed E-state index contributed by atoms with van der Waals surface area (Å²) >= 11 is 7.60. The number of thioether (sulfide) groups is 1. The molecule has 5 nitrogen and oxygen atoms in total. The van der Waals surface area contributed by atoms with Crippen molar-refractivity contribution in [3.8, 4) is 0 Å². The number of hydrogen-bond acceptors (Lipinski definition) is 4. The summed E-state index contributed by atoms with van der Waals surface area (Å²) in [6.07, 6.45) is 3.12. The molecule has 0 bridgehead atoms. The lowest BCUT2D eigenvalue weighted by atomic mass is 10.2. The highest BCUT2D eigenvalue weighted by Crippen LogP contribution is 2.22. The lowest BCUT2D eigenvalue weighted by molar-refractivity contribution is -0.116. The van der Waals surface area contributed by atoms with Gasteiger partial charge in [0.05, 0.1) is 6.54 Å². The Morgan fingerprint density at radius 3 is 2.69 bits per heavy atom. The zero-order valence-corrected chi connectivity index (χ0v) is 17.4. The number of carbonyl (C=O) groups excluding carboxylic acids is 1. The Bertz CT molecular complexity index is 1000. The van der Waals surface area contributed by atoms with Crippen molar-refractivity contribution in [2.24, 2.45) is 0 Å². The first-order valence-electron chi connectivity index (χ1n) is 9.06. The van der Waals surface area contributed by atoms with Crippen molar-refractivity contribution in [1.29, 1.82) is 0 Å². The molecular formula is C21H20ClFN4OS. The molecule has 0 fully saturated rings. The van der Waals surface area contributed by atoms with Gasteiger partial charge >= 0.3 is 0 Å². The molecule has 0 aliphatic carbocycles. The van der Waals surface area contributed by atoms with Gasteiger partial charge in [-0.25, -0.2) is 4.39 Å². The molecule has 1 amide bonds. The molecule has 1 N–H and O–H groups in total. The van der Waals surface area contributed by atoms with Gasteiger partial charge in [-0.2, -0.15) is 0 Å². The molecule has 0 atom stereocenters. The Balaban J connectivity index is 1.57. The minimum Gasteiger partial charge on any atom is -0.345 e. The first-order chi connectivity index (χ1) is 14.1. The number of carbonyl (C=O) groups is 1. The molecule has 2 aromatic carbocycles. The van der Waals surface area contributed by atoms with E-state index in [4.69, 9.17) is 11.6 Å². The number of aromatic nitrogens is 3. The van der Waals surface area contributed by atoms with Crippen molar-refractivity contribution >= 4 is 35.3 Å². The molecule has 3 rings (SSSR count). The van der Waals surface area contributed by atoms with Crippen LogP contribution in [0.1, 0.15) is 23.9 Å². The number of benzene rings is 2. The molecule has 0 radical (unpaired) electrons. The highest BCUT2D eigenvalue weighted by Gasteiger charge is 2.12. The summed E-state index contributed by atoms with van der Waals surface area (Å²) in [5.74, 6) is 0.840. The van der Waals surface area contributed by atoms with Gasteiger partial charge in [0.1, 0.15) is 5.82 Å². The molecule has 29 heavy (non-hydrogen) atoms. The standard InChI is InChI=1S/C21H20ClFN4OS/c1-2-27-19(13-24-20(28)12-9-16-5-3-4-6-18(16)22)25-26-21(27)29-14-15-7-10-17(23)11-8-15/h3-12H,2,13-14H2,1H3,(H,24,28). The maximum absolute atomic E-state index is 13.0. The zero-order chi connectivity index (χ0) is 20.6. The molecule has 0 saturated heterocycles. The van der Waals surface area contributed by atoms with Gasteiger partial charge in [0.2, 0.25) is 5.91 Å². The minimum atomic E-state index is -0.253. The highest BCUT2D eigenvalue weighted by atomic mass is 35.5. The number of nitrogens with one attached hydrogen (secondary N) is 1. The largest absolute Gasteiger partial charge is 0.345 e. The Morgan fingerprint density at radius 1 is 1.21 bits per heavy atom. The summed E-state index contributed by atoms with van der Waals surface area (Å²) in [4.78, 5) is 12.1. The topological polar surface area (TPSA) is 59.8 Å². The van der Waals surface area contributed by atoms with Gasteiger partial charge in [0.25, 0.3) is 0 Å². The summed E-state index contributed by atoms with van der Waals surface area (Å²) < 4.78 is 15.0. The zero-order valence-electron chi connectivity index (χ0n) is 15.8. The second-order valence-electron chi connectivity index (χ2n) is 6.13. The van der Waals surface area contributed by atoms with Crippen LogP contribution in [0.2, 0.25) is 5.02 Å². The van der Waals surface area contributed by atoms with Crippen LogP contribution in [0, 0.1) is 5.82 Å². The molecule has 0 aliphatic rings. The Morgan fingerprint density at radius 2 is 1.97 bits per heavy atom. The van der Waals surface area contributed by atoms with Crippen molar-refractivity contribution in [3.63, 3.8) is 0 Å². The van der Waals surface area contributed by atoms with E-state index in [2.05, 4.69) is 15.5 Å². The quantitative estimate of drug-likeness (QED) is 0.415. The van der Waals surface area contributed by atoms with E-state index < -0.39 is 0 Å². The van der Waals surface area contributed by atoms with Crippen molar-refractivity contribution in [2.75, 3.05) is 0 Å². The molecular weight excluding hydrogens is 411 g/mol. The number of amides is 1. The maximum atomic E-state index is 13.0. The molecule has 3 aromatic rings. The third-order valence-corrected chi connectivity index (χ3v) is 5.51. The van der Waals surface area contributed by atoms with Gasteiger partial charge in [0, 0.05) is 23.4 Å². The Kier molecular flexibility index (Phi) is 7.43. The van der Waals surface area contributed by atoms with Crippen LogP contribution >= 0.6 is 23.4 Å².